The molecule has 1 fully saturated rings. The van der Waals surface area contributed by atoms with Gasteiger partial charge in [0, 0.05) is 35.4 Å². The number of para-hydroxylation sites is 2. The van der Waals surface area contributed by atoms with E-state index in [1.54, 1.807) is 12.1 Å². The van der Waals surface area contributed by atoms with E-state index < -0.39 is 5.97 Å². The van der Waals surface area contributed by atoms with Gasteiger partial charge in [0.05, 0.1) is 34.9 Å². The summed E-state index contributed by atoms with van der Waals surface area (Å²) in [5.74, 6) is 1.10. The molecule has 2 atom stereocenters. The summed E-state index contributed by atoms with van der Waals surface area (Å²) in [6, 6.07) is 25.4. The van der Waals surface area contributed by atoms with Gasteiger partial charge in [-0.25, -0.2) is 14.8 Å². The number of nitrogens with zero attached hydrogens (tertiary/aromatic N) is 3. The highest BCUT2D eigenvalue weighted by Crippen LogP contribution is 2.34. The molecule has 1 unspecified atom stereocenters. The molecule has 3 aromatic carbocycles. The molecule has 0 saturated carbocycles. The summed E-state index contributed by atoms with van der Waals surface area (Å²) in [5.41, 5.74) is 6.88. The van der Waals surface area contributed by atoms with E-state index in [0.29, 0.717) is 24.9 Å². The van der Waals surface area contributed by atoms with E-state index in [0.717, 1.165) is 88.8 Å². The van der Waals surface area contributed by atoms with Crippen LogP contribution in [0.3, 0.4) is 0 Å². The fourth-order valence-corrected chi connectivity index (χ4v) is 6.61. The standard InChI is InChI=1S/C37H33N3O5/c41-37(42)25-15-16-31-32(20-25)40(21-27-17-18-43-27)34(38-31)19-23-11-13-24(14-12-23)30-8-4-10-35(39-30)44-22-26-5-3-7-29-28-6-1-2-9-33(28)45-36(26)29/h1-10,13,15-16,20,23,27H,11-12,14,17-19,21-22H2,(H,41,42)/t23?,27-/m0/s1. The molecule has 226 valence electrons. The van der Waals surface area contributed by atoms with Gasteiger partial charge in [0.15, 0.2) is 0 Å². The number of aromatic nitrogens is 3. The molecule has 2 aliphatic rings. The summed E-state index contributed by atoms with van der Waals surface area (Å²) in [7, 11) is 0. The van der Waals surface area contributed by atoms with Gasteiger partial charge in [0.2, 0.25) is 5.88 Å². The summed E-state index contributed by atoms with van der Waals surface area (Å²) >= 11 is 0. The quantitative estimate of drug-likeness (QED) is 0.181. The van der Waals surface area contributed by atoms with E-state index in [1.807, 2.05) is 48.5 Å². The van der Waals surface area contributed by atoms with Crippen molar-refractivity contribution < 1.29 is 23.8 Å². The fourth-order valence-electron chi connectivity index (χ4n) is 6.61. The molecular formula is C37H33N3O5. The predicted molar refractivity (Wildman–Crippen MR) is 172 cm³/mol. The molecule has 0 spiro atoms. The zero-order valence-corrected chi connectivity index (χ0v) is 24.8. The first kappa shape index (κ1) is 27.6. The highest BCUT2D eigenvalue weighted by molar-refractivity contribution is 6.05. The summed E-state index contributed by atoms with van der Waals surface area (Å²) in [6.07, 6.45) is 7.18. The highest BCUT2D eigenvalue weighted by Gasteiger charge is 2.25. The molecular weight excluding hydrogens is 566 g/mol. The first-order chi connectivity index (χ1) is 22.1. The highest BCUT2D eigenvalue weighted by atomic mass is 16.5. The molecule has 8 rings (SSSR count). The second-order valence-corrected chi connectivity index (χ2v) is 12.0. The Hall–Kier alpha value is -4.95. The minimum atomic E-state index is -0.928. The molecule has 3 aromatic heterocycles. The van der Waals surface area contributed by atoms with Gasteiger partial charge in [0.25, 0.3) is 0 Å². The van der Waals surface area contributed by atoms with Crippen LogP contribution in [0.1, 0.15) is 53.1 Å². The molecule has 4 heterocycles. The number of hydrogen-bond donors (Lipinski definition) is 1. The van der Waals surface area contributed by atoms with Crippen molar-refractivity contribution in [3.8, 4) is 5.88 Å². The number of ether oxygens (including phenoxy) is 2. The zero-order chi connectivity index (χ0) is 30.3. The lowest BCUT2D eigenvalue weighted by atomic mass is 9.86. The summed E-state index contributed by atoms with van der Waals surface area (Å²) in [5, 5.41) is 11.7. The zero-order valence-electron chi connectivity index (χ0n) is 24.8. The Morgan fingerprint density at radius 2 is 1.84 bits per heavy atom. The van der Waals surface area contributed by atoms with Crippen LogP contribution in [0.4, 0.5) is 0 Å². The maximum Gasteiger partial charge on any atom is 0.335 e. The second kappa shape index (κ2) is 11.5. The predicted octanol–water partition coefficient (Wildman–Crippen LogP) is 7.82. The van der Waals surface area contributed by atoms with Crippen LogP contribution in [-0.4, -0.2) is 38.3 Å². The number of pyridine rings is 1. The van der Waals surface area contributed by atoms with Gasteiger partial charge < -0.3 is 23.6 Å². The van der Waals surface area contributed by atoms with Gasteiger partial charge in [-0.1, -0.05) is 48.5 Å². The number of carboxylic acid groups (broad SMARTS) is 1. The number of fused-ring (bicyclic) bond motifs is 4. The van der Waals surface area contributed by atoms with Crippen LogP contribution in [0.2, 0.25) is 0 Å². The van der Waals surface area contributed by atoms with Crippen LogP contribution in [0.5, 0.6) is 5.88 Å². The first-order valence-electron chi connectivity index (χ1n) is 15.6. The number of allylic oxidation sites excluding steroid dienone is 2. The molecule has 0 radical (unpaired) electrons. The maximum atomic E-state index is 11.6. The van der Waals surface area contributed by atoms with Crippen molar-refractivity contribution in [1.29, 1.82) is 0 Å². The lowest BCUT2D eigenvalue weighted by Crippen LogP contribution is -2.32. The summed E-state index contributed by atoms with van der Waals surface area (Å²) in [4.78, 5) is 21.4. The fraction of sp³-hybridized carbons (Fsp3) is 0.270. The Balaban J connectivity index is 0.969. The van der Waals surface area contributed by atoms with Gasteiger partial charge in [-0.2, -0.15) is 0 Å². The number of imidazole rings is 1. The van der Waals surface area contributed by atoms with Crippen LogP contribution in [0.15, 0.2) is 89.4 Å². The Morgan fingerprint density at radius 1 is 0.978 bits per heavy atom. The van der Waals surface area contributed by atoms with Crippen LogP contribution >= 0.6 is 0 Å². The van der Waals surface area contributed by atoms with Crippen molar-refractivity contribution >= 4 is 44.5 Å². The van der Waals surface area contributed by atoms with E-state index >= 15 is 0 Å². The van der Waals surface area contributed by atoms with E-state index in [-0.39, 0.29) is 11.7 Å². The van der Waals surface area contributed by atoms with Crippen LogP contribution < -0.4 is 4.74 Å². The molecule has 0 amide bonds. The number of furan rings is 1. The summed E-state index contributed by atoms with van der Waals surface area (Å²) in [6.45, 7) is 1.85. The van der Waals surface area contributed by atoms with Crippen molar-refractivity contribution in [2.75, 3.05) is 6.61 Å². The van der Waals surface area contributed by atoms with E-state index in [1.165, 1.54) is 5.57 Å². The van der Waals surface area contributed by atoms with E-state index in [4.69, 9.17) is 23.9 Å². The van der Waals surface area contributed by atoms with E-state index in [2.05, 4.69) is 28.8 Å². The molecule has 6 aromatic rings. The molecule has 1 saturated heterocycles. The lowest BCUT2D eigenvalue weighted by Gasteiger charge is -2.28. The van der Waals surface area contributed by atoms with Gasteiger partial charge in [-0.3, -0.25) is 0 Å². The molecule has 1 aliphatic carbocycles. The van der Waals surface area contributed by atoms with Gasteiger partial charge in [0.1, 0.15) is 23.6 Å². The van der Waals surface area contributed by atoms with Crippen molar-refractivity contribution in [3.63, 3.8) is 0 Å². The third-order valence-electron chi connectivity index (χ3n) is 9.16. The van der Waals surface area contributed by atoms with Crippen LogP contribution in [-0.2, 0) is 24.3 Å². The number of carboxylic acids is 1. The second-order valence-electron chi connectivity index (χ2n) is 12.0. The number of benzene rings is 3. The Labute approximate surface area is 259 Å². The van der Waals surface area contributed by atoms with Crippen molar-refractivity contribution in [2.24, 2.45) is 5.92 Å². The average Bonchev–Trinajstić information content (AvgIpc) is 3.60. The number of hydrogen-bond acceptors (Lipinski definition) is 6. The lowest BCUT2D eigenvalue weighted by molar-refractivity contribution is -0.0590. The monoisotopic (exact) mass is 599 g/mol. The van der Waals surface area contributed by atoms with Gasteiger partial charge >= 0.3 is 5.97 Å². The molecule has 8 nitrogen and oxygen atoms in total. The number of aromatic carboxylic acids is 1. The molecule has 8 heteroatoms. The molecule has 1 aliphatic heterocycles. The van der Waals surface area contributed by atoms with E-state index in [9.17, 15) is 9.90 Å². The minimum absolute atomic E-state index is 0.152. The minimum Gasteiger partial charge on any atom is -0.478 e. The Morgan fingerprint density at radius 3 is 2.67 bits per heavy atom. The topological polar surface area (TPSA) is 99.6 Å². The summed E-state index contributed by atoms with van der Waals surface area (Å²) < 4.78 is 20.3. The van der Waals surface area contributed by atoms with Crippen molar-refractivity contribution in [3.05, 3.63) is 108 Å². The third-order valence-corrected chi connectivity index (χ3v) is 9.16. The van der Waals surface area contributed by atoms with Gasteiger partial charge in [-0.15, -0.1) is 0 Å². The van der Waals surface area contributed by atoms with Crippen molar-refractivity contribution in [2.45, 2.75) is 51.4 Å². The molecule has 45 heavy (non-hydrogen) atoms. The third kappa shape index (κ3) is 5.36. The van der Waals surface area contributed by atoms with Crippen molar-refractivity contribution in [1.82, 2.24) is 14.5 Å². The average molecular weight is 600 g/mol. The molecule has 0 bridgehead atoms. The normalized spacial score (nSPS) is 18.3. The maximum absolute atomic E-state index is 11.6. The van der Waals surface area contributed by atoms with Crippen LogP contribution in [0, 0.1) is 5.92 Å². The first-order valence-corrected chi connectivity index (χ1v) is 15.6. The molecule has 1 N–H and O–H groups in total. The number of rotatable bonds is 9. The Bertz CT molecular complexity index is 2090. The Kier molecular flexibility index (Phi) is 7.06. The smallest absolute Gasteiger partial charge is 0.335 e. The number of carbonyl (C=O) groups is 1. The van der Waals surface area contributed by atoms with Gasteiger partial charge in [-0.05, 0) is 67.5 Å². The SMILES string of the molecule is O=C(O)c1ccc2nc(CC3CC=C(c4cccc(OCc5cccc6c5oc5ccccc56)n4)CC3)n(C[C@@H]3CCO3)c2c1. The largest absolute Gasteiger partial charge is 0.478 e. The van der Waals surface area contributed by atoms with Crippen LogP contribution in [0.25, 0.3) is 38.5 Å².